The number of carbonyl (C=O) groups is 8. The number of phenols is 4. The maximum Gasteiger partial charge on any atom is 0.174 e. The lowest BCUT2D eigenvalue weighted by molar-refractivity contribution is -0.122. The molecule has 0 saturated carbocycles. The summed E-state index contributed by atoms with van der Waals surface area (Å²) < 4.78 is 4.99. The normalized spacial score (nSPS) is 10.7. The second kappa shape index (κ2) is 27.4. The Bertz CT molecular complexity index is 3250. The maximum atomic E-state index is 12.5. The first kappa shape index (κ1) is 56.5. The Morgan fingerprint density at radius 1 is 0.453 bits per heavy atom. The molecule has 5 N–H and O–H groups in total. The van der Waals surface area contributed by atoms with Crippen molar-refractivity contribution >= 4 is 69.2 Å². The van der Waals surface area contributed by atoms with E-state index in [2.05, 4.69) is 0 Å². The summed E-state index contributed by atoms with van der Waals surface area (Å²) in [4.78, 5) is 95.5. The van der Waals surface area contributed by atoms with Crippen LogP contribution in [0.25, 0.3) is 22.9 Å². The van der Waals surface area contributed by atoms with E-state index in [1.54, 1.807) is 78.9 Å². The smallest absolute Gasteiger partial charge is 0.174 e. The first-order chi connectivity index (χ1) is 35.8. The second-order valence-corrected chi connectivity index (χ2v) is 17.2. The van der Waals surface area contributed by atoms with Crippen molar-refractivity contribution in [1.29, 1.82) is 0 Å². The lowest BCUT2D eigenvalue weighted by Gasteiger charge is -2.07. The standard InChI is InChI=1S/C22H18O4.C21H20O6.C18H16O4/c1-14(23)10-15-6-9-20(24)19(11-15)22(26)13-21(25)18-8-7-16-4-2-3-5-17(16)12-18;1-27-21-11-15(5-9-20(21)26)3-7-18(24)12-17(23)6-2-14-4-8-19(25)16(10-14)13-22;1-12(19)9-13-7-8-16(20)15(10-13)18(22)11-17(21)14-5-3-2-4-6-14/h2-9,11-12,24H,10,13H2,1H3;2-11,22,25-26H,12-13H2,1H3;2-8,10,20H,9,11H2,1H3/b;6-2+,7-3+;. The average molecular weight is 1010 g/mol. The molecule has 0 spiro atoms. The fraction of sp³-hybridized carbons (Fsp3) is 0.148. The summed E-state index contributed by atoms with van der Waals surface area (Å²) in [5.41, 5.74) is 3.96. The van der Waals surface area contributed by atoms with Crippen LogP contribution in [0.4, 0.5) is 0 Å². The SMILES string of the molecule is CC(=O)Cc1ccc(O)c(C(=O)CC(=O)c2ccc3ccccc3c2)c1.CC(=O)Cc1ccc(O)c(C(=O)CC(=O)c2ccccc2)c1.COc1cc(/C=C/C(=O)CC(=O)/C=C/c2ccc(O)c(CO)c2)ccc1O. The van der Waals surface area contributed by atoms with Gasteiger partial charge in [-0.1, -0.05) is 103 Å². The van der Waals surface area contributed by atoms with Crippen LogP contribution in [0.2, 0.25) is 0 Å². The molecule has 0 aliphatic rings. The Hall–Kier alpha value is -9.40. The van der Waals surface area contributed by atoms with Gasteiger partial charge < -0.3 is 30.3 Å². The molecule has 0 aliphatic heterocycles. The van der Waals surface area contributed by atoms with E-state index in [0.717, 1.165) is 10.8 Å². The summed E-state index contributed by atoms with van der Waals surface area (Å²) in [6.07, 6.45) is 5.05. The van der Waals surface area contributed by atoms with Crippen LogP contribution in [-0.2, 0) is 38.6 Å². The van der Waals surface area contributed by atoms with Gasteiger partial charge in [-0.25, -0.2) is 0 Å². The first-order valence-electron chi connectivity index (χ1n) is 23.3. The minimum Gasteiger partial charge on any atom is -0.508 e. The number of Topliss-reactive ketones (excluding diaryl/α,β-unsaturated/α-hetero) is 6. The number of allylic oxidation sites excluding steroid dienone is 2. The summed E-state index contributed by atoms with van der Waals surface area (Å²) in [6, 6.07) is 39.6. The van der Waals surface area contributed by atoms with Gasteiger partial charge in [0.15, 0.2) is 46.2 Å². The van der Waals surface area contributed by atoms with Crippen molar-refractivity contribution in [2.45, 2.75) is 52.6 Å². The predicted molar refractivity (Wildman–Crippen MR) is 283 cm³/mol. The Labute approximate surface area is 432 Å². The molecule has 7 aromatic carbocycles. The molecule has 0 amide bonds. The molecule has 7 rings (SSSR count). The van der Waals surface area contributed by atoms with Gasteiger partial charge in [-0.3, -0.25) is 38.4 Å². The summed E-state index contributed by atoms with van der Waals surface area (Å²) in [6.45, 7) is 2.59. The van der Waals surface area contributed by atoms with Crippen molar-refractivity contribution in [3.05, 3.63) is 208 Å². The third-order valence-corrected chi connectivity index (χ3v) is 11.2. The molecule has 0 heterocycles. The summed E-state index contributed by atoms with van der Waals surface area (Å²) in [7, 11) is 1.43. The molecule has 75 heavy (non-hydrogen) atoms. The van der Waals surface area contributed by atoms with Crippen LogP contribution in [0.15, 0.2) is 158 Å². The van der Waals surface area contributed by atoms with Crippen molar-refractivity contribution in [2.24, 2.45) is 0 Å². The predicted octanol–water partition coefficient (Wildman–Crippen LogP) is 9.97. The van der Waals surface area contributed by atoms with Crippen molar-refractivity contribution in [2.75, 3.05) is 7.11 Å². The minimum absolute atomic E-state index is 0.000113. The van der Waals surface area contributed by atoms with Crippen LogP contribution in [0.1, 0.15) is 102 Å². The van der Waals surface area contributed by atoms with Crippen LogP contribution in [-0.4, -0.2) is 78.9 Å². The van der Waals surface area contributed by atoms with Gasteiger partial charge in [-0.05, 0) is 114 Å². The molecule has 0 aliphatic carbocycles. The van der Waals surface area contributed by atoms with Gasteiger partial charge in [0.25, 0.3) is 0 Å². The van der Waals surface area contributed by atoms with Crippen LogP contribution in [0.5, 0.6) is 28.7 Å². The highest BCUT2D eigenvalue weighted by atomic mass is 16.5. The molecule has 0 radical (unpaired) electrons. The molecule has 14 nitrogen and oxygen atoms in total. The van der Waals surface area contributed by atoms with Gasteiger partial charge in [-0.2, -0.15) is 0 Å². The third kappa shape index (κ3) is 17.4. The Morgan fingerprint density at radius 3 is 1.45 bits per heavy atom. The van der Waals surface area contributed by atoms with Gasteiger partial charge in [0.1, 0.15) is 28.8 Å². The van der Waals surface area contributed by atoms with Gasteiger partial charge in [-0.15, -0.1) is 0 Å². The van der Waals surface area contributed by atoms with E-state index in [4.69, 9.17) is 9.84 Å². The van der Waals surface area contributed by atoms with Crippen molar-refractivity contribution < 1.29 is 68.6 Å². The number of hydrogen-bond acceptors (Lipinski definition) is 14. The number of fused-ring (bicyclic) bond motifs is 1. The van der Waals surface area contributed by atoms with Crippen molar-refractivity contribution in [3.63, 3.8) is 0 Å². The minimum atomic E-state index is -0.467. The molecule has 0 bridgehead atoms. The van der Waals surface area contributed by atoms with E-state index >= 15 is 0 Å². The highest BCUT2D eigenvalue weighted by Gasteiger charge is 2.19. The Balaban J connectivity index is 0.000000209. The maximum absolute atomic E-state index is 12.5. The van der Waals surface area contributed by atoms with Crippen LogP contribution in [0, 0.1) is 0 Å². The molecule has 14 heteroatoms. The van der Waals surface area contributed by atoms with Crippen molar-refractivity contribution in [1.82, 2.24) is 0 Å². The Morgan fingerprint density at radius 2 is 0.933 bits per heavy atom. The molecule has 7 aromatic rings. The highest BCUT2D eigenvalue weighted by Crippen LogP contribution is 2.28. The summed E-state index contributed by atoms with van der Waals surface area (Å²) in [5, 5.41) is 49.9. The van der Waals surface area contributed by atoms with E-state index < -0.39 is 11.6 Å². The molecule has 0 saturated heterocycles. The number of aromatic hydroxyl groups is 4. The summed E-state index contributed by atoms with van der Waals surface area (Å²) >= 11 is 0. The van der Waals surface area contributed by atoms with Gasteiger partial charge >= 0.3 is 0 Å². The van der Waals surface area contributed by atoms with Gasteiger partial charge in [0, 0.05) is 29.5 Å². The fourth-order valence-electron chi connectivity index (χ4n) is 7.38. The number of benzene rings is 7. The van der Waals surface area contributed by atoms with E-state index in [0.29, 0.717) is 44.7 Å². The average Bonchev–Trinajstić information content (AvgIpc) is 3.39. The van der Waals surface area contributed by atoms with E-state index in [1.165, 1.54) is 81.7 Å². The number of ether oxygens (including phenoxy) is 1. The Kier molecular flexibility index (Phi) is 20.7. The highest BCUT2D eigenvalue weighted by molar-refractivity contribution is 6.16. The number of carbonyl (C=O) groups excluding carboxylic acids is 8. The van der Waals surface area contributed by atoms with E-state index in [-0.39, 0.29) is 108 Å². The first-order valence-corrected chi connectivity index (χ1v) is 23.3. The zero-order valence-corrected chi connectivity index (χ0v) is 41.3. The molecule has 0 unspecified atom stereocenters. The number of phenolic OH excluding ortho intramolecular Hbond substituents is 3. The van der Waals surface area contributed by atoms with Gasteiger partial charge in [0.05, 0.1) is 44.1 Å². The molecule has 382 valence electrons. The molecule has 0 atom stereocenters. The second-order valence-electron chi connectivity index (χ2n) is 17.2. The molecule has 0 fully saturated rings. The number of ketones is 8. The molecular formula is C61H54O14. The number of rotatable bonds is 20. The zero-order valence-electron chi connectivity index (χ0n) is 41.3. The lowest BCUT2D eigenvalue weighted by atomic mass is 9.97. The van der Waals surface area contributed by atoms with E-state index in [9.17, 15) is 58.8 Å². The fourth-order valence-corrected chi connectivity index (χ4v) is 7.38. The van der Waals surface area contributed by atoms with Crippen LogP contribution < -0.4 is 4.74 Å². The number of hydrogen-bond donors (Lipinski definition) is 5. The molecule has 0 aromatic heterocycles. The zero-order chi connectivity index (χ0) is 54.6. The molecular weight excluding hydrogens is 957 g/mol. The monoisotopic (exact) mass is 1010 g/mol. The topological polar surface area (TPSA) is 247 Å². The third-order valence-electron chi connectivity index (χ3n) is 11.2. The quantitative estimate of drug-likeness (QED) is 0.0271. The van der Waals surface area contributed by atoms with Crippen LogP contribution in [0.3, 0.4) is 0 Å². The number of methoxy groups -OCH3 is 1. The van der Waals surface area contributed by atoms with Crippen LogP contribution >= 0.6 is 0 Å². The van der Waals surface area contributed by atoms with Crippen molar-refractivity contribution in [3.8, 4) is 28.7 Å². The largest absolute Gasteiger partial charge is 0.508 e. The number of aliphatic hydroxyl groups is 1. The van der Waals surface area contributed by atoms with Gasteiger partial charge in [0.2, 0.25) is 0 Å². The van der Waals surface area contributed by atoms with E-state index in [1.807, 2.05) is 30.3 Å². The lowest BCUT2D eigenvalue weighted by Crippen LogP contribution is -2.09. The summed E-state index contributed by atoms with van der Waals surface area (Å²) in [5.74, 6) is -2.45. The number of aliphatic hydroxyl groups excluding tert-OH is 1.